The number of Topliss-reactive ketones (excluding diaryl/α,β-unsaturated/α-hetero) is 1. The molecule has 0 radical (unpaired) electrons. The zero-order chi connectivity index (χ0) is 14.2. The summed E-state index contributed by atoms with van der Waals surface area (Å²) in [7, 11) is 0. The Morgan fingerprint density at radius 3 is 2.60 bits per heavy atom. The van der Waals surface area contributed by atoms with E-state index in [1.165, 1.54) is 44.1 Å². The number of piperidine rings is 1. The normalized spacial score (nSPS) is 18.9. The molecule has 1 saturated heterocycles. The van der Waals surface area contributed by atoms with Crippen LogP contribution >= 0.6 is 0 Å². The highest BCUT2D eigenvalue weighted by atomic mass is 16.1. The van der Waals surface area contributed by atoms with Crippen LogP contribution in [-0.2, 0) is 6.42 Å². The molecule has 0 saturated carbocycles. The number of hydrogen-bond acceptors (Lipinski definition) is 2. The average Bonchev–Trinajstić information content (AvgIpc) is 2.52. The Morgan fingerprint density at radius 2 is 1.95 bits per heavy atom. The second kappa shape index (κ2) is 8.21. The number of benzene rings is 1. The van der Waals surface area contributed by atoms with Gasteiger partial charge in [0.05, 0.1) is 6.04 Å². The fourth-order valence-electron chi connectivity index (χ4n) is 2.87. The summed E-state index contributed by atoms with van der Waals surface area (Å²) in [6, 6.07) is 8.31. The molecule has 1 unspecified atom stereocenters. The van der Waals surface area contributed by atoms with Crippen molar-refractivity contribution in [3.8, 4) is 0 Å². The summed E-state index contributed by atoms with van der Waals surface area (Å²) in [6.07, 6.45) is 9.65. The van der Waals surface area contributed by atoms with Crippen molar-refractivity contribution in [1.82, 2.24) is 5.32 Å². The summed E-state index contributed by atoms with van der Waals surface area (Å²) in [5, 5.41) is 3.33. The van der Waals surface area contributed by atoms with Gasteiger partial charge >= 0.3 is 0 Å². The van der Waals surface area contributed by atoms with Crippen molar-refractivity contribution in [2.75, 3.05) is 6.54 Å². The van der Waals surface area contributed by atoms with Gasteiger partial charge in [-0.2, -0.15) is 0 Å². The Morgan fingerprint density at radius 1 is 1.15 bits per heavy atom. The molecule has 1 fully saturated rings. The van der Waals surface area contributed by atoms with Crippen LogP contribution in [0.1, 0.15) is 67.8 Å². The van der Waals surface area contributed by atoms with Gasteiger partial charge < -0.3 is 5.32 Å². The molecular formula is C18H27NO. The Labute approximate surface area is 123 Å². The van der Waals surface area contributed by atoms with E-state index in [4.69, 9.17) is 0 Å². The average molecular weight is 273 g/mol. The van der Waals surface area contributed by atoms with E-state index in [2.05, 4.69) is 24.4 Å². The fraction of sp³-hybridized carbons (Fsp3) is 0.611. The van der Waals surface area contributed by atoms with Crippen LogP contribution in [0.5, 0.6) is 0 Å². The highest BCUT2D eigenvalue weighted by molar-refractivity contribution is 6.00. The van der Waals surface area contributed by atoms with Crippen LogP contribution in [0.25, 0.3) is 0 Å². The molecule has 0 bridgehead atoms. The lowest BCUT2D eigenvalue weighted by Crippen LogP contribution is -2.40. The monoisotopic (exact) mass is 273 g/mol. The molecule has 1 aliphatic rings. The molecule has 1 aliphatic heterocycles. The van der Waals surface area contributed by atoms with Gasteiger partial charge in [-0.3, -0.25) is 4.79 Å². The molecule has 1 atom stereocenters. The molecule has 2 rings (SSSR count). The Hall–Kier alpha value is -1.15. The predicted octanol–water partition coefficient (Wildman–Crippen LogP) is 4.13. The molecule has 2 heteroatoms. The molecule has 0 aliphatic carbocycles. The molecule has 20 heavy (non-hydrogen) atoms. The maximum absolute atomic E-state index is 12.3. The Bertz CT molecular complexity index is 404. The first kappa shape index (κ1) is 15.2. The van der Waals surface area contributed by atoms with Crippen molar-refractivity contribution in [2.45, 2.75) is 64.3 Å². The second-order valence-electron chi connectivity index (χ2n) is 5.87. The predicted molar refractivity (Wildman–Crippen MR) is 84.3 cm³/mol. The molecule has 2 nitrogen and oxygen atoms in total. The van der Waals surface area contributed by atoms with Gasteiger partial charge in [0.25, 0.3) is 0 Å². The van der Waals surface area contributed by atoms with Gasteiger partial charge in [0, 0.05) is 5.56 Å². The molecule has 1 aromatic carbocycles. The third-order valence-electron chi connectivity index (χ3n) is 4.18. The van der Waals surface area contributed by atoms with Crippen molar-refractivity contribution in [1.29, 1.82) is 0 Å². The molecule has 1 aromatic rings. The van der Waals surface area contributed by atoms with Crippen LogP contribution in [0.3, 0.4) is 0 Å². The quantitative estimate of drug-likeness (QED) is 0.597. The lowest BCUT2D eigenvalue weighted by Gasteiger charge is -2.22. The third kappa shape index (κ3) is 4.45. The van der Waals surface area contributed by atoms with E-state index < -0.39 is 0 Å². The number of aryl methyl sites for hydroxylation is 1. The highest BCUT2D eigenvalue weighted by Crippen LogP contribution is 2.15. The minimum Gasteiger partial charge on any atom is -0.307 e. The van der Waals surface area contributed by atoms with Gasteiger partial charge in [0.2, 0.25) is 0 Å². The third-order valence-corrected chi connectivity index (χ3v) is 4.18. The molecule has 0 aromatic heterocycles. The molecule has 0 spiro atoms. The first-order valence-corrected chi connectivity index (χ1v) is 8.18. The fourth-order valence-corrected chi connectivity index (χ4v) is 2.87. The molecule has 110 valence electrons. The highest BCUT2D eigenvalue weighted by Gasteiger charge is 2.21. The summed E-state index contributed by atoms with van der Waals surface area (Å²) >= 11 is 0. The number of nitrogens with one attached hydrogen (secondary N) is 1. The summed E-state index contributed by atoms with van der Waals surface area (Å²) in [4.78, 5) is 12.3. The number of carbonyl (C=O) groups is 1. The van der Waals surface area contributed by atoms with Gasteiger partial charge in [-0.15, -0.1) is 0 Å². The lowest BCUT2D eigenvalue weighted by atomic mass is 9.95. The minimum absolute atomic E-state index is 0.0409. The molecule has 1 N–H and O–H groups in total. The van der Waals surface area contributed by atoms with Crippen molar-refractivity contribution < 1.29 is 4.79 Å². The SMILES string of the molecule is CCCCCCc1ccc(C(=O)C2CCCCN2)cc1. The smallest absolute Gasteiger partial charge is 0.179 e. The van der Waals surface area contributed by atoms with Gasteiger partial charge in [-0.05, 0) is 37.8 Å². The minimum atomic E-state index is 0.0409. The first-order valence-electron chi connectivity index (χ1n) is 8.18. The van der Waals surface area contributed by atoms with Gasteiger partial charge in [-0.1, -0.05) is 56.9 Å². The zero-order valence-electron chi connectivity index (χ0n) is 12.7. The van der Waals surface area contributed by atoms with E-state index in [0.29, 0.717) is 0 Å². The summed E-state index contributed by atoms with van der Waals surface area (Å²) in [5.41, 5.74) is 2.22. The topological polar surface area (TPSA) is 29.1 Å². The maximum atomic E-state index is 12.3. The Balaban J connectivity index is 1.85. The van der Waals surface area contributed by atoms with Gasteiger partial charge in [-0.25, -0.2) is 0 Å². The first-order chi connectivity index (χ1) is 9.81. The largest absolute Gasteiger partial charge is 0.307 e. The number of hydrogen-bond donors (Lipinski definition) is 1. The van der Waals surface area contributed by atoms with Gasteiger partial charge in [0.1, 0.15) is 0 Å². The number of unbranched alkanes of at least 4 members (excludes halogenated alkanes) is 3. The molecule has 1 heterocycles. The van der Waals surface area contributed by atoms with Crippen LogP contribution in [-0.4, -0.2) is 18.4 Å². The van der Waals surface area contributed by atoms with E-state index in [1.54, 1.807) is 0 Å². The summed E-state index contributed by atoms with van der Waals surface area (Å²) < 4.78 is 0. The second-order valence-corrected chi connectivity index (χ2v) is 5.87. The van der Waals surface area contributed by atoms with E-state index in [1.807, 2.05) is 12.1 Å². The summed E-state index contributed by atoms with van der Waals surface area (Å²) in [5.74, 6) is 0.266. The molecular weight excluding hydrogens is 246 g/mol. The van der Waals surface area contributed by atoms with Gasteiger partial charge in [0.15, 0.2) is 5.78 Å². The van der Waals surface area contributed by atoms with Crippen molar-refractivity contribution >= 4 is 5.78 Å². The van der Waals surface area contributed by atoms with Crippen LogP contribution in [0, 0.1) is 0 Å². The van der Waals surface area contributed by atoms with E-state index in [-0.39, 0.29) is 11.8 Å². The van der Waals surface area contributed by atoms with Crippen molar-refractivity contribution in [2.24, 2.45) is 0 Å². The lowest BCUT2D eigenvalue weighted by molar-refractivity contribution is 0.0927. The van der Waals surface area contributed by atoms with Crippen LogP contribution in [0.15, 0.2) is 24.3 Å². The van der Waals surface area contributed by atoms with Crippen molar-refractivity contribution in [3.63, 3.8) is 0 Å². The van der Waals surface area contributed by atoms with E-state index in [9.17, 15) is 4.79 Å². The van der Waals surface area contributed by atoms with Crippen LogP contribution < -0.4 is 5.32 Å². The molecule has 0 amide bonds. The van der Waals surface area contributed by atoms with E-state index in [0.717, 1.165) is 24.9 Å². The Kier molecular flexibility index (Phi) is 6.25. The standard InChI is InChI=1S/C18H27NO/c1-2-3-4-5-8-15-10-12-16(13-11-15)18(20)17-9-6-7-14-19-17/h10-13,17,19H,2-9,14H2,1H3. The van der Waals surface area contributed by atoms with E-state index >= 15 is 0 Å². The summed E-state index contributed by atoms with van der Waals surface area (Å²) in [6.45, 7) is 3.21. The van der Waals surface area contributed by atoms with Crippen LogP contribution in [0.2, 0.25) is 0 Å². The maximum Gasteiger partial charge on any atom is 0.179 e. The number of rotatable bonds is 7. The van der Waals surface area contributed by atoms with Crippen molar-refractivity contribution in [3.05, 3.63) is 35.4 Å². The van der Waals surface area contributed by atoms with Crippen LogP contribution in [0.4, 0.5) is 0 Å². The number of carbonyl (C=O) groups excluding carboxylic acids is 1. The number of ketones is 1. The zero-order valence-corrected chi connectivity index (χ0v) is 12.7.